The molecule has 1 aliphatic rings. The van der Waals surface area contributed by atoms with E-state index in [0.717, 1.165) is 5.56 Å². The van der Waals surface area contributed by atoms with Crippen molar-refractivity contribution in [1.29, 1.82) is 0 Å². The average molecular weight is 260 g/mol. The van der Waals surface area contributed by atoms with Gasteiger partial charge in [-0.2, -0.15) is 0 Å². The molecule has 1 N–H and O–H groups in total. The van der Waals surface area contributed by atoms with Gasteiger partial charge in [0.2, 0.25) is 11.8 Å². The number of hydrogen-bond donors (Lipinski definition) is 1. The normalized spacial score (nSPS) is 21.1. The van der Waals surface area contributed by atoms with Crippen molar-refractivity contribution in [2.45, 2.75) is 39.3 Å². The van der Waals surface area contributed by atoms with Crippen LogP contribution in [0.3, 0.4) is 0 Å². The molecule has 1 aromatic carbocycles. The third-order valence-corrected chi connectivity index (χ3v) is 3.86. The number of nitrogens with one attached hydrogen (secondary N) is 1. The lowest BCUT2D eigenvalue weighted by Crippen LogP contribution is -2.38. The zero-order chi connectivity index (χ0) is 14.2. The van der Waals surface area contributed by atoms with Crippen molar-refractivity contribution < 1.29 is 9.59 Å². The summed E-state index contributed by atoms with van der Waals surface area (Å²) < 4.78 is 0. The summed E-state index contributed by atoms with van der Waals surface area (Å²) >= 11 is 0. The number of aryl methyl sites for hydroxylation is 2. The van der Waals surface area contributed by atoms with Crippen LogP contribution in [0, 0.1) is 13.8 Å². The molecule has 0 aromatic heterocycles. The first-order chi connectivity index (χ1) is 8.90. The molecule has 19 heavy (non-hydrogen) atoms. The van der Waals surface area contributed by atoms with Crippen LogP contribution in [0.2, 0.25) is 0 Å². The maximum atomic E-state index is 11.8. The number of amides is 2. The Morgan fingerprint density at radius 1 is 1.26 bits per heavy atom. The highest BCUT2D eigenvalue weighted by atomic mass is 16.2. The predicted octanol–water partition coefficient (Wildman–Crippen LogP) is 1.71. The SMILES string of the molecule is Cc1ccc(C(C)NC2CC(=O)N(C)C2=O)cc1C. The second-order valence-corrected chi connectivity index (χ2v) is 5.28. The van der Waals surface area contributed by atoms with Gasteiger partial charge in [0.05, 0.1) is 12.5 Å². The van der Waals surface area contributed by atoms with Gasteiger partial charge in [-0.05, 0) is 37.5 Å². The highest BCUT2D eigenvalue weighted by Crippen LogP contribution is 2.20. The number of carbonyl (C=O) groups is 2. The van der Waals surface area contributed by atoms with Crippen molar-refractivity contribution in [1.82, 2.24) is 10.2 Å². The van der Waals surface area contributed by atoms with Crippen LogP contribution in [0.25, 0.3) is 0 Å². The van der Waals surface area contributed by atoms with E-state index >= 15 is 0 Å². The van der Waals surface area contributed by atoms with Gasteiger partial charge in [0.25, 0.3) is 0 Å². The third kappa shape index (κ3) is 2.68. The molecule has 0 saturated carbocycles. The van der Waals surface area contributed by atoms with Crippen LogP contribution in [0.1, 0.15) is 36.1 Å². The summed E-state index contributed by atoms with van der Waals surface area (Å²) in [4.78, 5) is 24.5. The molecule has 2 rings (SSSR count). The van der Waals surface area contributed by atoms with E-state index in [1.165, 1.54) is 23.1 Å². The van der Waals surface area contributed by atoms with Crippen LogP contribution in [0.5, 0.6) is 0 Å². The Morgan fingerprint density at radius 2 is 1.95 bits per heavy atom. The summed E-state index contributed by atoms with van der Waals surface area (Å²) in [5.74, 6) is -0.254. The molecule has 1 saturated heterocycles. The largest absolute Gasteiger partial charge is 0.299 e. The Balaban J connectivity index is 2.09. The number of carbonyl (C=O) groups excluding carboxylic acids is 2. The minimum absolute atomic E-state index is 0.0487. The molecule has 0 aliphatic carbocycles. The quantitative estimate of drug-likeness (QED) is 0.842. The van der Waals surface area contributed by atoms with Crippen molar-refractivity contribution in [3.63, 3.8) is 0 Å². The number of hydrogen-bond acceptors (Lipinski definition) is 3. The lowest BCUT2D eigenvalue weighted by molar-refractivity contribution is -0.137. The van der Waals surface area contributed by atoms with Crippen molar-refractivity contribution >= 4 is 11.8 Å². The molecule has 1 aromatic rings. The first-order valence-corrected chi connectivity index (χ1v) is 6.53. The van der Waals surface area contributed by atoms with Crippen molar-refractivity contribution in [2.24, 2.45) is 0 Å². The molecule has 1 aliphatic heterocycles. The molecule has 0 bridgehead atoms. The van der Waals surface area contributed by atoms with E-state index < -0.39 is 6.04 Å². The van der Waals surface area contributed by atoms with Gasteiger partial charge in [0, 0.05) is 13.1 Å². The molecule has 4 nitrogen and oxygen atoms in total. The first kappa shape index (κ1) is 13.7. The molecular formula is C15H20N2O2. The Bertz CT molecular complexity index is 525. The van der Waals surface area contributed by atoms with Gasteiger partial charge in [-0.15, -0.1) is 0 Å². The number of likely N-dealkylation sites (tertiary alicyclic amines) is 1. The standard InChI is InChI=1S/C15H20N2O2/c1-9-5-6-12(7-10(9)2)11(3)16-13-8-14(18)17(4)15(13)19/h5-7,11,13,16H,8H2,1-4H3. The fraction of sp³-hybridized carbons (Fsp3) is 0.467. The summed E-state index contributed by atoms with van der Waals surface area (Å²) in [5, 5.41) is 3.24. The zero-order valence-electron chi connectivity index (χ0n) is 11.9. The molecule has 1 heterocycles. The van der Waals surface area contributed by atoms with E-state index in [4.69, 9.17) is 0 Å². The topological polar surface area (TPSA) is 49.4 Å². The molecule has 2 amide bonds. The van der Waals surface area contributed by atoms with Gasteiger partial charge >= 0.3 is 0 Å². The monoisotopic (exact) mass is 260 g/mol. The summed E-state index contributed by atoms with van der Waals surface area (Å²) in [5.41, 5.74) is 3.62. The fourth-order valence-electron chi connectivity index (χ4n) is 2.32. The van der Waals surface area contributed by atoms with Crippen molar-refractivity contribution in [3.05, 3.63) is 34.9 Å². The van der Waals surface area contributed by atoms with Crippen LogP contribution >= 0.6 is 0 Å². The molecule has 4 heteroatoms. The number of benzene rings is 1. The van der Waals surface area contributed by atoms with E-state index in [2.05, 4.69) is 37.4 Å². The highest BCUT2D eigenvalue weighted by Gasteiger charge is 2.36. The fourth-order valence-corrected chi connectivity index (χ4v) is 2.32. The predicted molar refractivity (Wildman–Crippen MR) is 73.6 cm³/mol. The van der Waals surface area contributed by atoms with Crippen molar-refractivity contribution in [3.8, 4) is 0 Å². The van der Waals surface area contributed by atoms with Gasteiger partial charge in [-0.1, -0.05) is 18.2 Å². The summed E-state index contributed by atoms with van der Waals surface area (Å²) in [7, 11) is 1.53. The van der Waals surface area contributed by atoms with Crippen LogP contribution < -0.4 is 5.32 Å². The molecule has 2 atom stereocenters. The van der Waals surface area contributed by atoms with Crippen LogP contribution in [-0.4, -0.2) is 29.8 Å². The second-order valence-electron chi connectivity index (χ2n) is 5.28. The van der Waals surface area contributed by atoms with Gasteiger partial charge in [0.15, 0.2) is 0 Å². The molecule has 102 valence electrons. The Labute approximate surface area is 113 Å². The molecule has 2 unspecified atom stereocenters. The van der Waals surface area contributed by atoms with Gasteiger partial charge in [-0.3, -0.25) is 19.8 Å². The Hall–Kier alpha value is -1.68. The minimum atomic E-state index is -0.394. The van der Waals surface area contributed by atoms with E-state index in [1.807, 2.05) is 6.92 Å². The Kier molecular flexibility index (Phi) is 3.71. The van der Waals surface area contributed by atoms with Crippen LogP contribution in [0.15, 0.2) is 18.2 Å². The minimum Gasteiger partial charge on any atom is -0.299 e. The maximum absolute atomic E-state index is 11.8. The molecule has 1 fully saturated rings. The zero-order valence-corrected chi connectivity index (χ0v) is 11.9. The van der Waals surface area contributed by atoms with Crippen LogP contribution in [0.4, 0.5) is 0 Å². The van der Waals surface area contributed by atoms with Gasteiger partial charge in [-0.25, -0.2) is 0 Å². The van der Waals surface area contributed by atoms with E-state index in [9.17, 15) is 9.59 Å². The summed E-state index contributed by atoms with van der Waals surface area (Å²) in [6, 6.07) is 5.92. The number of imide groups is 1. The molecule has 0 radical (unpaired) electrons. The van der Waals surface area contributed by atoms with Gasteiger partial charge in [0.1, 0.15) is 0 Å². The van der Waals surface area contributed by atoms with Crippen LogP contribution in [-0.2, 0) is 9.59 Å². The van der Waals surface area contributed by atoms with Gasteiger partial charge < -0.3 is 0 Å². The third-order valence-electron chi connectivity index (χ3n) is 3.86. The molecule has 0 spiro atoms. The smallest absolute Gasteiger partial charge is 0.246 e. The van der Waals surface area contributed by atoms with E-state index in [1.54, 1.807) is 0 Å². The average Bonchev–Trinajstić information content (AvgIpc) is 2.60. The number of likely N-dealkylation sites (N-methyl/N-ethyl adjacent to an activating group) is 1. The highest BCUT2D eigenvalue weighted by molar-refractivity contribution is 6.05. The summed E-state index contributed by atoms with van der Waals surface area (Å²) in [6.45, 7) is 6.16. The number of nitrogens with zero attached hydrogens (tertiary/aromatic N) is 1. The summed E-state index contributed by atoms with van der Waals surface area (Å²) in [6.07, 6.45) is 0.254. The second kappa shape index (κ2) is 5.13. The lowest BCUT2D eigenvalue weighted by Gasteiger charge is -2.19. The van der Waals surface area contributed by atoms with Crippen molar-refractivity contribution in [2.75, 3.05) is 7.05 Å². The van der Waals surface area contributed by atoms with E-state index in [-0.39, 0.29) is 24.3 Å². The lowest BCUT2D eigenvalue weighted by atomic mass is 10.0. The number of rotatable bonds is 3. The first-order valence-electron chi connectivity index (χ1n) is 6.53. The Morgan fingerprint density at radius 3 is 2.47 bits per heavy atom. The maximum Gasteiger partial charge on any atom is 0.246 e. The molecular weight excluding hydrogens is 240 g/mol. The van der Waals surface area contributed by atoms with E-state index in [0.29, 0.717) is 0 Å².